The zero-order valence-corrected chi connectivity index (χ0v) is 35.0. The monoisotopic (exact) mass is 786 g/mol. The Hall–Kier alpha value is -6.56. The predicted molar refractivity (Wildman–Crippen MR) is 256 cm³/mol. The number of aromatic nitrogens is 1. The molecule has 0 atom stereocenters. The SMILES string of the molecule is CC(C)(C)c1ccc(N2B3c4cc5c(cc4-n4c6ccc7c(c6c6ccc(c3c64)-c3cc4c(cc32)sc2ccccc24)-c2ccccc2C7(C)C)oc2ccccc25)cc1. The van der Waals surface area contributed by atoms with Crippen LogP contribution in [0.3, 0.4) is 0 Å². The molecule has 0 saturated heterocycles. The molecule has 0 N–H and O–H groups in total. The number of fused-ring (bicyclic) bond motifs is 18. The fraction of sp³-hybridized carbons (Fsp3) is 0.127. The van der Waals surface area contributed by atoms with Gasteiger partial charge in [-0.05, 0) is 92.2 Å². The number of nitrogens with zero attached hydrogens (tertiary/aromatic N) is 2. The maximum absolute atomic E-state index is 6.71. The van der Waals surface area contributed by atoms with Crippen molar-refractivity contribution in [1.82, 2.24) is 4.57 Å². The van der Waals surface area contributed by atoms with Gasteiger partial charge in [0.1, 0.15) is 11.2 Å². The Labute approximate surface area is 352 Å². The third-order valence-corrected chi connectivity index (χ3v) is 15.5. The van der Waals surface area contributed by atoms with E-state index in [1.165, 1.54) is 109 Å². The van der Waals surface area contributed by atoms with E-state index in [-0.39, 0.29) is 17.7 Å². The van der Waals surface area contributed by atoms with Crippen LogP contribution in [-0.2, 0) is 10.8 Å². The van der Waals surface area contributed by atoms with Crippen LogP contribution in [0, 0.1) is 0 Å². The summed E-state index contributed by atoms with van der Waals surface area (Å²) < 4.78 is 11.9. The van der Waals surface area contributed by atoms with Gasteiger partial charge in [0, 0.05) is 75.8 Å². The zero-order valence-electron chi connectivity index (χ0n) is 34.1. The van der Waals surface area contributed by atoms with Crippen molar-refractivity contribution >= 4 is 104 Å². The van der Waals surface area contributed by atoms with Gasteiger partial charge in [0.05, 0.1) is 11.0 Å². The fourth-order valence-corrected chi connectivity index (χ4v) is 12.6. The molecule has 0 saturated carbocycles. The molecule has 2 aliphatic heterocycles. The first kappa shape index (κ1) is 33.3. The van der Waals surface area contributed by atoms with Crippen molar-refractivity contribution in [3.63, 3.8) is 0 Å². The third kappa shape index (κ3) is 4.02. The van der Waals surface area contributed by atoms with Gasteiger partial charge < -0.3 is 13.8 Å². The highest BCUT2D eigenvalue weighted by molar-refractivity contribution is 7.25. The van der Waals surface area contributed by atoms with Crippen molar-refractivity contribution in [2.45, 2.75) is 45.4 Å². The van der Waals surface area contributed by atoms with Gasteiger partial charge >= 0.3 is 6.85 Å². The number of rotatable bonds is 1. The highest BCUT2D eigenvalue weighted by atomic mass is 32.1. The van der Waals surface area contributed by atoms with Crippen molar-refractivity contribution < 1.29 is 4.42 Å². The second-order valence-corrected chi connectivity index (χ2v) is 19.9. The Morgan fingerprint density at radius 2 is 1.37 bits per heavy atom. The molecular formula is C55H39BN2OS. The number of hydrogen-bond donors (Lipinski definition) is 0. The van der Waals surface area contributed by atoms with Gasteiger partial charge in [-0.3, -0.25) is 0 Å². The summed E-state index contributed by atoms with van der Waals surface area (Å²) in [5.41, 5.74) is 20.0. The quantitative estimate of drug-likeness (QED) is 0.155. The highest BCUT2D eigenvalue weighted by Crippen LogP contribution is 2.55. The van der Waals surface area contributed by atoms with Gasteiger partial charge in [-0.2, -0.15) is 0 Å². The number of anilines is 2. The Morgan fingerprint density at radius 3 is 2.22 bits per heavy atom. The molecule has 8 aromatic carbocycles. The predicted octanol–water partition coefficient (Wildman–Crippen LogP) is 13.9. The summed E-state index contributed by atoms with van der Waals surface area (Å²) in [4.78, 5) is 2.67. The van der Waals surface area contributed by atoms with E-state index in [1.54, 1.807) is 0 Å². The van der Waals surface area contributed by atoms with E-state index in [9.17, 15) is 0 Å². The molecule has 0 radical (unpaired) electrons. The van der Waals surface area contributed by atoms with Crippen LogP contribution in [0.2, 0.25) is 0 Å². The lowest BCUT2D eigenvalue weighted by atomic mass is 9.44. The molecule has 0 unspecified atom stereocenters. The second kappa shape index (κ2) is 11.0. The van der Waals surface area contributed by atoms with E-state index in [4.69, 9.17) is 4.42 Å². The lowest BCUT2D eigenvalue weighted by molar-refractivity contribution is 0.590. The minimum Gasteiger partial charge on any atom is -0.456 e. The van der Waals surface area contributed by atoms with Crippen LogP contribution in [0.1, 0.15) is 51.3 Å². The maximum atomic E-state index is 6.71. The van der Waals surface area contributed by atoms with E-state index in [1.807, 2.05) is 11.3 Å². The summed E-state index contributed by atoms with van der Waals surface area (Å²) in [5, 5.41) is 7.60. The van der Waals surface area contributed by atoms with Crippen molar-refractivity contribution in [2.24, 2.45) is 0 Å². The Kier molecular flexibility index (Phi) is 6.09. The lowest BCUT2D eigenvalue weighted by Gasteiger charge is -2.42. The molecule has 3 aliphatic rings. The summed E-state index contributed by atoms with van der Waals surface area (Å²) in [7, 11) is 0. The van der Waals surface area contributed by atoms with Crippen LogP contribution in [0.5, 0.6) is 0 Å². The summed E-state index contributed by atoms with van der Waals surface area (Å²) in [6.45, 7) is 11.6. The van der Waals surface area contributed by atoms with Gasteiger partial charge in [-0.1, -0.05) is 132 Å². The van der Waals surface area contributed by atoms with Gasteiger partial charge in [0.2, 0.25) is 0 Å². The van der Waals surface area contributed by atoms with Crippen LogP contribution in [0.15, 0.2) is 150 Å². The molecule has 5 heterocycles. The third-order valence-electron chi connectivity index (χ3n) is 14.3. The fourth-order valence-electron chi connectivity index (χ4n) is 11.5. The van der Waals surface area contributed by atoms with E-state index in [0.29, 0.717) is 0 Å². The van der Waals surface area contributed by atoms with Crippen LogP contribution in [0.4, 0.5) is 11.4 Å². The Morgan fingerprint density at radius 1 is 0.583 bits per heavy atom. The molecule has 14 rings (SSSR count). The molecule has 284 valence electrons. The minimum absolute atomic E-state index is 0.0418. The molecule has 1 aliphatic carbocycles. The molecule has 0 bridgehead atoms. The lowest BCUT2D eigenvalue weighted by Crippen LogP contribution is -2.60. The van der Waals surface area contributed by atoms with Crippen LogP contribution < -0.4 is 15.7 Å². The number of benzene rings is 8. The number of para-hydroxylation sites is 1. The van der Waals surface area contributed by atoms with E-state index < -0.39 is 0 Å². The van der Waals surface area contributed by atoms with Gasteiger partial charge in [0.15, 0.2) is 0 Å². The zero-order chi connectivity index (χ0) is 40.0. The first-order valence-electron chi connectivity index (χ1n) is 21.2. The smallest absolute Gasteiger partial charge is 0.333 e. The number of thiophene rings is 1. The van der Waals surface area contributed by atoms with Gasteiger partial charge in [-0.15, -0.1) is 11.3 Å². The molecule has 0 amide bonds. The largest absolute Gasteiger partial charge is 0.456 e. The summed E-state index contributed by atoms with van der Waals surface area (Å²) in [5.74, 6) is 0. The van der Waals surface area contributed by atoms with Crippen LogP contribution >= 0.6 is 11.3 Å². The van der Waals surface area contributed by atoms with Crippen molar-refractivity contribution in [1.29, 1.82) is 0 Å². The molecular weight excluding hydrogens is 747 g/mol. The molecule has 0 spiro atoms. The Balaban J connectivity index is 1.18. The first-order chi connectivity index (χ1) is 29.1. The standard InChI is InChI=1S/C55H39BN2OS/c1-54(2,3)30-18-20-31(21-19-30)58-44-29-49-39(33-13-8-11-17-48(33)60-49)26-37(44)34-22-23-36-51-43(25-24-41-50(51)35-14-6-9-15-40(35)55(41,4)5)57-45-28-47-38(32-12-7-10-16-46(32)59-47)27-42(45)56(58)52(34)53(36)57/h6-29H,1-5H3. The Bertz CT molecular complexity index is 3740. The first-order valence-corrected chi connectivity index (χ1v) is 22.0. The highest BCUT2D eigenvalue weighted by Gasteiger charge is 2.46. The minimum atomic E-state index is -0.104. The average molecular weight is 787 g/mol. The molecule has 11 aromatic rings. The summed E-state index contributed by atoms with van der Waals surface area (Å²) in [6.07, 6.45) is 0. The van der Waals surface area contributed by atoms with E-state index >= 15 is 0 Å². The molecule has 3 nitrogen and oxygen atoms in total. The molecule has 5 heteroatoms. The van der Waals surface area contributed by atoms with Crippen LogP contribution in [-0.4, -0.2) is 11.4 Å². The van der Waals surface area contributed by atoms with Crippen molar-refractivity contribution in [3.8, 4) is 27.9 Å². The summed E-state index contributed by atoms with van der Waals surface area (Å²) in [6, 6.07) is 55.4. The molecule has 3 aromatic heterocycles. The van der Waals surface area contributed by atoms with Gasteiger partial charge in [0.25, 0.3) is 0 Å². The van der Waals surface area contributed by atoms with Crippen LogP contribution in [0.25, 0.3) is 91.9 Å². The summed E-state index contributed by atoms with van der Waals surface area (Å²) >= 11 is 1.90. The second-order valence-electron chi connectivity index (χ2n) is 18.8. The van der Waals surface area contributed by atoms with Crippen molar-refractivity contribution in [3.05, 3.63) is 162 Å². The van der Waals surface area contributed by atoms with E-state index in [2.05, 4.69) is 190 Å². The van der Waals surface area contributed by atoms with Gasteiger partial charge in [-0.25, -0.2) is 0 Å². The normalized spacial score (nSPS) is 14.8. The maximum Gasteiger partial charge on any atom is 0.333 e. The topological polar surface area (TPSA) is 21.3 Å². The average Bonchev–Trinajstić information content (AvgIpc) is 3.98. The number of furan rings is 1. The van der Waals surface area contributed by atoms with E-state index in [0.717, 1.165) is 21.9 Å². The number of hydrogen-bond acceptors (Lipinski definition) is 3. The molecule has 0 fully saturated rings. The molecule has 60 heavy (non-hydrogen) atoms. The van der Waals surface area contributed by atoms with Crippen molar-refractivity contribution in [2.75, 3.05) is 4.81 Å².